The van der Waals surface area contributed by atoms with Gasteiger partial charge in [0.05, 0.1) is 0 Å². The maximum Gasteiger partial charge on any atom is 0.233 e. The lowest BCUT2D eigenvalue weighted by molar-refractivity contribution is -0.149. The number of benzene rings is 1. The van der Waals surface area contributed by atoms with Crippen LogP contribution in [-0.4, -0.2) is 23.2 Å². The molecule has 0 aliphatic carbocycles. The number of nitrogens with zero attached hydrogens (tertiary/aromatic N) is 1. The van der Waals surface area contributed by atoms with Gasteiger partial charge in [0.1, 0.15) is 0 Å². The van der Waals surface area contributed by atoms with Crippen molar-refractivity contribution in [1.82, 2.24) is 5.06 Å². The number of unbranched alkanes of at least 4 members (excludes halogenated alkanes) is 1. The van der Waals surface area contributed by atoms with Gasteiger partial charge in [-0.15, -0.1) is 0 Å². The van der Waals surface area contributed by atoms with Crippen molar-refractivity contribution >= 4 is 6.41 Å². The molecular formula is C11H15NO2. The monoisotopic (exact) mass is 193 g/mol. The lowest BCUT2D eigenvalue weighted by atomic mass is 10.1. The molecule has 1 amide bonds. The predicted molar refractivity (Wildman–Crippen MR) is 53.9 cm³/mol. The summed E-state index contributed by atoms with van der Waals surface area (Å²) in [4.78, 5) is 10.0. The first-order valence-electron chi connectivity index (χ1n) is 4.77. The molecule has 0 aliphatic rings. The number of hydrogen-bond donors (Lipinski definition) is 1. The molecule has 14 heavy (non-hydrogen) atoms. The van der Waals surface area contributed by atoms with Crippen LogP contribution < -0.4 is 0 Å². The van der Waals surface area contributed by atoms with E-state index in [2.05, 4.69) is 12.1 Å². The maximum absolute atomic E-state index is 10.0. The van der Waals surface area contributed by atoms with Crippen LogP contribution in [0.25, 0.3) is 0 Å². The standard InChI is InChI=1S/C11H15NO2/c13-10-12(14)9-5-4-8-11-6-2-1-3-7-11/h1-3,6-7,10,14H,4-5,8-9H2. The first-order valence-corrected chi connectivity index (χ1v) is 4.77. The molecule has 1 aromatic carbocycles. The summed E-state index contributed by atoms with van der Waals surface area (Å²) in [5.41, 5.74) is 1.29. The lowest BCUT2D eigenvalue weighted by Crippen LogP contribution is -2.17. The predicted octanol–water partition coefficient (Wildman–Crippen LogP) is 1.86. The van der Waals surface area contributed by atoms with Crippen molar-refractivity contribution in [2.24, 2.45) is 0 Å². The van der Waals surface area contributed by atoms with Crippen LogP contribution in [0.4, 0.5) is 0 Å². The van der Waals surface area contributed by atoms with Crippen LogP contribution in [0.2, 0.25) is 0 Å². The molecule has 0 bridgehead atoms. The number of carbonyl (C=O) groups excluding carboxylic acids is 1. The molecule has 0 atom stereocenters. The van der Waals surface area contributed by atoms with E-state index >= 15 is 0 Å². The summed E-state index contributed by atoms with van der Waals surface area (Å²) in [6.07, 6.45) is 3.23. The van der Waals surface area contributed by atoms with Gasteiger partial charge in [-0.05, 0) is 24.8 Å². The van der Waals surface area contributed by atoms with Gasteiger partial charge in [-0.1, -0.05) is 30.3 Å². The van der Waals surface area contributed by atoms with Gasteiger partial charge in [0.2, 0.25) is 6.41 Å². The van der Waals surface area contributed by atoms with Crippen molar-refractivity contribution < 1.29 is 10.0 Å². The van der Waals surface area contributed by atoms with Crippen molar-refractivity contribution in [2.75, 3.05) is 6.54 Å². The molecule has 0 aromatic heterocycles. The number of aryl methyl sites for hydroxylation is 1. The second-order valence-corrected chi connectivity index (χ2v) is 3.21. The molecule has 0 fully saturated rings. The molecule has 0 spiro atoms. The molecule has 0 heterocycles. The molecular weight excluding hydrogens is 178 g/mol. The van der Waals surface area contributed by atoms with Gasteiger partial charge in [0, 0.05) is 6.54 Å². The van der Waals surface area contributed by atoms with E-state index in [4.69, 9.17) is 5.21 Å². The fourth-order valence-corrected chi connectivity index (χ4v) is 1.30. The molecule has 1 rings (SSSR count). The topological polar surface area (TPSA) is 40.5 Å². The van der Waals surface area contributed by atoms with Crippen LogP contribution in [0, 0.1) is 0 Å². The number of hydrogen-bond acceptors (Lipinski definition) is 2. The van der Waals surface area contributed by atoms with E-state index in [1.54, 1.807) is 0 Å². The number of rotatable bonds is 6. The van der Waals surface area contributed by atoms with Gasteiger partial charge in [0.25, 0.3) is 0 Å². The zero-order valence-corrected chi connectivity index (χ0v) is 8.10. The van der Waals surface area contributed by atoms with Gasteiger partial charge < -0.3 is 0 Å². The molecule has 0 saturated carbocycles. The first kappa shape index (κ1) is 10.7. The summed E-state index contributed by atoms with van der Waals surface area (Å²) < 4.78 is 0. The zero-order valence-electron chi connectivity index (χ0n) is 8.10. The Morgan fingerprint density at radius 1 is 1.21 bits per heavy atom. The maximum atomic E-state index is 10.0. The van der Waals surface area contributed by atoms with Gasteiger partial charge in [-0.25, -0.2) is 5.06 Å². The highest BCUT2D eigenvalue weighted by Crippen LogP contribution is 2.04. The van der Waals surface area contributed by atoms with E-state index in [0.717, 1.165) is 19.3 Å². The summed E-state index contributed by atoms with van der Waals surface area (Å²) in [5.74, 6) is 0. The van der Waals surface area contributed by atoms with Crippen molar-refractivity contribution in [3.05, 3.63) is 35.9 Å². The highest BCUT2D eigenvalue weighted by Gasteiger charge is 1.96. The van der Waals surface area contributed by atoms with Crippen LogP contribution in [0.5, 0.6) is 0 Å². The highest BCUT2D eigenvalue weighted by atomic mass is 16.5. The Balaban J connectivity index is 2.13. The average molecular weight is 193 g/mol. The summed E-state index contributed by atoms with van der Waals surface area (Å²) in [6.45, 7) is 0.413. The molecule has 3 nitrogen and oxygen atoms in total. The van der Waals surface area contributed by atoms with E-state index in [9.17, 15) is 4.79 Å². The minimum Gasteiger partial charge on any atom is -0.286 e. The van der Waals surface area contributed by atoms with Crippen LogP contribution in [0.15, 0.2) is 30.3 Å². The average Bonchev–Trinajstić information content (AvgIpc) is 2.25. The fraction of sp³-hybridized carbons (Fsp3) is 0.364. The number of amides is 1. The third-order valence-electron chi connectivity index (χ3n) is 2.07. The Morgan fingerprint density at radius 3 is 2.57 bits per heavy atom. The van der Waals surface area contributed by atoms with Crippen LogP contribution in [0.3, 0.4) is 0 Å². The lowest BCUT2D eigenvalue weighted by Gasteiger charge is -2.07. The van der Waals surface area contributed by atoms with Crippen molar-refractivity contribution in [3.8, 4) is 0 Å². The van der Waals surface area contributed by atoms with E-state index in [1.807, 2.05) is 18.2 Å². The molecule has 0 radical (unpaired) electrons. The van der Waals surface area contributed by atoms with Crippen LogP contribution in [0.1, 0.15) is 18.4 Å². The molecule has 1 N–H and O–H groups in total. The molecule has 3 heteroatoms. The van der Waals surface area contributed by atoms with Gasteiger partial charge in [0.15, 0.2) is 0 Å². The highest BCUT2D eigenvalue weighted by molar-refractivity contribution is 5.44. The Kier molecular flexibility index (Phi) is 4.72. The second kappa shape index (κ2) is 6.16. The molecule has 0 saturated heterocycles. The van der Waals surface area contributed by atoms with E-state index in [-0.39, 0.29) is 0 Å². The van der Waals surface area contributed by atoms with Gasteiger partial charge in [-0.3, -0.25) is 10.0 Å². The van der Waals surface area contributed by atoms with Crippen molar-refractivity contribution in [3.63, 3.8) is 0 Å². The molecule has 0 aliphatic heterocycles. The minimum absolute atomic E-state index is 0.413. The van der Waals surface area contributed by atoms with Crippen LogP contribution >= 0.6 is 0 Å². The SMILES string of the molecule is O=CN(O)CCCCc1ccccc1. The Labute approximate surface area is 83.9 Å². The summed E-state index contributed by atoms with van der Waals surface area (Å²) in [7, 11) is 0. The Bertz CT molecular complexity index is 261. The number of hydroxylamine groups is 2. The smallest absolute Gasteiger partial charge is 0.233 e. The quantitative estimate of drug-likeness (QED) is 0.324. The van der Waals surface area contributed by atoms with Gasteiger partial charge >= 0.3 is 0 Å². The van der Waals surface area contributed by atoms with E-state index < -0.39 is 0 Å². The first-order chi connectivity index (χ1) is 6.83. The largest absolute Gasteiger partial charge is 0.286 e. The summed E-state index contributed by atoms with van der Waals surface area (Å²) in [6, 6.07) is 10.2. The van der Waals surface area contributed by atoms with E-state index in [0.29, 0.717) is 18.0 Å². The Hall–Kier alpha value is -1.35. The Morgan fingerprint density at radius 2 is 1.93 bits per heavy atom. The van der Waals surface area contributed by atoms with E-state index in [1.165, 1.54) is 5.56 Å². The summed E-state index contributed by atoms with van der Waals surface area (Å²) >= 11 is 0. The minimum atomic E-state index is 0.413. The van der Waals surface area contributed by atoms with Crippen molar-refractivity contribution in [2.45, 2.75) is 19.3 Å². The summed E-state index contributed by atoms with van der Waals surface area (Å²) in [5, 5.41) is 9.51. The van der Waals surface area contributed by atoms with Gasteiger partial charge in [-0.2, -0.15) is 0 Å². The second-order valence-electron chi connectivity index (χ2n) is 3.21. The third kappa shape index (κ3) is 4.05. The fourth-order valence-electron chi connectivity index (χ4n) is 1.30. The third-order valence-corrected chi connectivity index (χ3v) is 2.07. The van der Waals surface area contributed by atoms with Crippen molar-refractivity contribution in [1.29, 1.82) is 0 Å². The zero-order chi connectivity index (χ0) is 10.2. The van der Waals surface area contributed by atoms with Crippen LogP contribution in [-0.2, 0) is 11.2 Å². The molecule has 76 valence electrons. The molecule has 1 aromatic rings. The molecule has 0 unspecified atom stereocenters. The normalized spacial score (nSPS) is 9.79. The number of carbonyl (C=O) groups is 1.